The van der Waals surface area contributed by atoms with E-state index in [1.165, 1.54) is 18.9 Å². The number of halogens is 1. The Balaban J connectivity index is 2.05. The van der Waals surface area contributed by atoms with E-state index in [0.717, 1.165) is 0 Å². The van der Waals surface area contributed by atoms with Crippen molar-refractivity contribution in [2.45, 2.75) is 6.92 Å². The average molecular weight is 375 g/mol. The smallest absolute Gasteiger partial charge is 0.337 e. The van der Waals surface area contributed by atoms with Crippen LogP contribution in [0.15, 0.2) is 48.5 Å². The lowest BCUT2D eigenvalue weighted by Crippen LogP contribution is -2.37. The zero-order valence-corrected chi connectivity index (χ0v) is 15.2. The lowest BCUT2D eigenvalue weighted by molar-refractivity contribution is -0.116. The van der Waals surface area contributed by atoms with E-state index >= 15 is 0 Å². The highest BCUT2D eigenvalue weighted by Crippen LogP contribution is 2.17. The first kappa shape index (κ1) is 19.5. The summed E-state index contributed by atoms with van der Waals surface area (Å²) < 4.78 is 4.69. The number of hydrogen-bond donors (Lipinski definition) is 1. The van der Waals surface area contributed by atoms with Crippen molar-refractivity contribution in [3.05, 3.63) is 64.7 Å². The van der Waals surface area contributed by atoms with Crippen molar-refractivity contribution >= 4 is 35.1 Å². The van der Waals surface area contributed by atoms with E-state index in [1.54, 1.807) is 48.5 Å². The monoisotopic (exact) mass is 374 g/mol. The fourth-order valence-corrected chi connectivity index (χ4v) is 2.63. The molecule has 2 amide bonds. The molecule has 0 atom stereocenters. The normalized spacial score (nSPS) is 10.1. The summed E-state index contributed by atoms with van der Waals surface area (Å²) in [6.07, 6.45) is 0. The molecule has 0 aromatic heterocycles. The first-order valence-corrected chi connectivity index (χ1v) is 8.31. The first-order valence-electron chi connectivity index (χ1n) is 7.93. The van der Waals surface area contributed by atoms with Gasteiger partial charge in [0.25, 0.3) is 5.91 Å². The van der Waals surface area contributed by atoms with E-state index in [-0.39, 0.29) is 24.9 Å². The van der Waals surface area contributed by atoms with Crippen molar-refractivity contribution in [2.75, 3.05) is 25.1 Å². The largest absolute Gasteiger partial charge is 0.465 e. The van der Waals surface area contributed by atoms with Gasteiger partial charge in [-0.1, -0.05) is 29.8 Å². The van der Waals surface area contributed by atoms with Crippen LogP contribution in [0, 0.1) is 0 Å². The van der Waals surface area contributed by atoms with Crippen LogP contribution in [0.2, 0.25) is 5.02 Å². The summed E-state index contributed by atoms with van der Waals surface area (Å²) in [4.78, 5) is 37.3. The number of carbonyl (C=O) groups excluding carboxylic acids is 3. The van der Waals surface area contributed by atoms with Crippen LogP contribution in [-0.2, 0) is 9.53 Å². The number of benzene rings is 2. The van der Waals surface area contributed by atoms with Crippen LogP contribution >= 0.6 is 11.6 Å². The van der Waals surface area contributed by atoms with E-state index < -0.39 is 5.97 Å². The quantitative estimate of drug-likeness (QED) is 0.789. The predicted molar refractivity (Wildman–Crippen MR) is 99.6 cm³/mol. The van der Waals surface area contributed by atoms with E-state index in [0.29, 0.717) is 21.8 Å². The number of nitrogens with zero attached hydrogens (tertiary/aromatic N) is 1. The third kappa shape index (κ3) is 4.83. The number of anilines is 1. The highest BCUT2D eigenvalue weighted by Gasteiger charge is 2.15. The van der Waals surface area contributed by atoms with E-state index in [2.05, 4.69) is 5.32 Å². The van der Waals surface area contributed by atoms with Gasteiger partial charge in [0.05, 0.1) is 23.3 Å². The summed E-state index contributed by atoms with van der Waals surface area (Å²) in [5, 5.41) is 3.09. The molecule has 0 saturated carbocycles. The number of carbonyl (C=O) groups is 3. The van der Waals surface area contributed by atoms with Crippen LogP contribution in [-0.4, -0.2) is 38.0 Å². The zero-order valence-electron chi connectivity index (χ0n) is 14.5. The highest BCUT2D eigenvalue weighted by molar-refractivity contribution is 6.33. The number of hydrogen-bond acceptors (Lipinski definition) is 4. The zero-order chi connectivity index (χ0) is 19.1. The molecule has 26 heavy (non-hydrogen) atoms. The maximum Gasteiger partial charge on any atom is 0.337 e. The molecule has 0 heterocycles. The van der Waals surface area contributed by atoms with Gasteiger partial charge < -0.3 is 15.0 Å². The Labute approximate surface area is 156 Å². The van der Waals surface area contributed by atoms with Gasteiger partial charge in [0, 0.05) is 25.7 Å². The van der Waals surface area contributed by atoms with Crippen molar-refractivity contribution in [3.63, 3.8) is 0 Å². The second kappa shape index (κ2) is 9.01. The number of esters is 1. The maximum atomic E-state index is 12.2. The third-order valence-electron chi connectivity index (χ3n) is 3.70. The van der Waals surface area contributed by atoms with Crippen molar-refractivity contribution in [1.82, 2.24) is 5.32 Å². The maximum absolute atomic E-state index is 12.2. The molecule has 0 saturated heterocycles. The molecule has 0 bridgehead atoms. The lowest BCUT2D eigenvalue weighted by atomic mass is 10.2. The summed E-state index contributed by atoms with van der Waals surface area (Å²) in [6.45, 7) is 1.89. The summed E-state index contributed by atoms with van der Waals surface area (Å²) in [5.74, 6) is -1.01. The van der Waals surface area contributed by atoms with Gasteiger partial charge >= 0.3 is 5.97 Å². The number of rotatable bonds is 6. The molecule has 2 aromatic rings. The first-order chi connectivity index (χ1) is 12.4. The van der Waals surface area contributed by atoms with E-state index in [4.69, 9.17) is 16.3 Å². The molecule has 6 nitrogen and oxygen atoms in total. The molecule has 0 fully saturated rings. The average Bonchev–Trinajstić information content (AvgIpc) is 2.64. The molecule has 0 unspecified atom stereocenters. The minimum absolute atomic E-state index is 0.209. The molecule has 0 aliphatic heterocycles. The number of amides is 2. The van der Waals surface area contributed by atoms with Crippen LogP contribution in [0.3, 0.4) is 0 Å². The molecule has 0 aliphatic rings. The van der Waals surface area contributed by atoms with E-state index in [1.807, 2.05) is 0 Å². The van der Waals surface area contributed by atoms with Gasteiger partial charge in [0.15, 0.2) is 0 Å². The second-order valence-corrected chi connectivity index (χ2v) is 5.86. The third-order valence-corrected chi connectivity index (χ3v) is 4.03. The molecular formula is C19H19ClN2O4. The number of nitrogens with one attached hydrogen (secondary N) is 1. The van der Waals surface area contributed by atoms with Gasteiger partial charge in [0.1, 0.15) is 0 Å². The van der Waals surface area contributed by atoms with Gasteiger partial charge in [0.2, 0.25) is 5.91 Å². The Morgan fingerprint density at radius 3 is 2.50 bits per heavy atom. The van der Waals surface area contributed by atoms with Crippen LogP contribution in [0.25, 0.3) is 0 Å². The van der Waals surface area contributed by atoms with Crippen molar-refractivity contribution in [1.29, 1.82) is 0 Å². The van der Waals surface area contributed by atoms with Crippen molar-refractivity contribution < 1.29 is 19.1 Å². The summed E-state index contributed by atoms with van der Waals surface area (Å²) in [7, 11) is 1.29. The molecule has 1 N–H and O–H groups in total. The second-order valence-electron chi connectivity index (χ2n) is 5.45. The Kier molecular flexibility index (Phi) is 6.74. The fraction of sp³-hybridized carbons (Fsp3) is 0.211. The minimum Gasteiger partial charge on any atom is -0.465 e. The Bertz CT molecular complexity index is 823. The standard InChI is InChI=1S/C19H19ClN2O4/c1-13(23)22(15-7-5-6-14(12-15)19(25)26-2)11-10-21-18(24)16-8-3-4-9-17(16)20/h3-9,12H,10-11H2,1-2H3,(H,21,24). The Hall–Kier alpha value is -2.86. The SMILES string of the molecule is COC(=O)c1cccc(N(CCNC(=O)c2ccccc2Cl)C(C)=O)c1. The molecular weight excluding hydrogens is 356 g/mol. The minimum atomic E-state index is -0.484. The topological polar surface area (TPSA) is 75.7 Å². The van der Waals surface area contributed by atoms with Gasteiger partial charge in [-0.15, -0.1) is 0 Å². The van der Waals surface area contributed by atoms with Crippen molar-refractivity contribution in [2.24, 2.45) is 0 Å². The molecule has 136 valence electrons. The molecule has 0 spiro atoms. The van der Waals surface area contributed by atoms with E-state index in [9.17, 15) is 14.4 Å². The number of methoxy groups -OCH3 is 1. The Morgan fingerprint density at radius 2 is 1.85 bits per heavy atom. The molecule has 0 aliphatic carbocycles. The van der Waals surface area contributed by atoms with Crippen molar-refractivity contribution in [3.8, 4) is 0 Å². The highest BCUT2D eigenvalue weighted by atomic mass is 35.5. The van der Waals surface area contributed by atoms with Gasteiger partial charge in [-0.05, 0) is 30.3 Å². The predicted octanol–water partition coefficient (Wildman–Crippen LogP) is 2.91. The lowest BCUT2D eigenvalue weighted by Gasteiger charge is -2.22. The molecule has 7 heteroatoms. The molecule has 2 rings (SSSR count). The van der Waals surface area contributed by atoms with Crippen LogP contribution in [0.5, 0.6) is 0 Å². The Morgan fingerprint density at radius 1 is 1.12 bits per heavy atom. The van der Waals surface area contributed by atoms with Crippen LogP contribution < -0.4 is 10.2 Å². The summed E-state index contributed by atoms with van der Waals surface area (Å²) in [6, 6.07) is 13.3. The van der Waals surface area contributed by atoms with Gasteiger partial charge in [-0.2, -0.15) is 0 Å². The molecule has 0 radical (unpaired) electrons. The number of ether oxygens (including phenoxy) is 1. The van der Waals surface area contributed by atoms with Crippen LogP contribution in [0.4, 0.5) is 5.69 Å². The summed E-state index contributed by atoms with van der Waals surface area (Å²) in [5.41, 5.74) is 1.26. The summed E-state index contributed by atoms with van der Waals surface area (Å²) >= 11 is 6.00. The van der Waals surface area contributed by atoms with Crippen LogP contribution in [0.1, 0.15) is 27.6 Å². The molecule has 2 aromatic carbocycles. The van der Waals surface area contributed by atoms with Gasteiger partial charge in [-0.3, -0.25) is 9.59 Å². The van der Waals surface area contributed by atoms with Gasteiger partial charge in [-0.25, -0.2) is 4.79 Å². The fourth-order valence-electron chi connectivity index (χ4n) is 2.41.